The number of nitrogens with zero attached hydrogens (tertiary/aromatic N) is 1. The van der Waals surface area contributed by atoms with E-state index in [-0.39, 0.29) is 6.10 Å². The third-order valence-electron chi connectivity index (χ3n) is 4.16. The lowest BCUT2D eigenvalue weighted by atomic mass is 10.3. The number of benzene rings is 1. The van der Waals surface area contributed by atoms with Gasteiger partial charge in [0, 0.05) is 13.2 Å². The summed E-state index contributed by atoms with van der Waals surface area (Å²) in [6.45, 7) is 12.5. The molecule has 0 radical (unpaired) electrons. The second-order valence-corrected chi connectivity index (χ2v) is 6.41. The van der Waals surface area contributed by atoms with Crippen molar-refractivity contribution in [3.8, 4) is 5.75 Å². The molecule has 1 aromatic carbocycles. The van der Waals surface area contributed by atoms with E-state index in [1.165, 1.54) is 0 Å². The highest BCUT2D eigenvalue weighted by Crippen LogP contribution is 2.24. The normalized spacial score (nSPS) is 12.0. The summed E-state index contributed by atoms with van der Waals surface area (Å²) in [5.74, 6) is 0.649. The zero-order valence-corrected chi connectivity index (χ0v) is 17.3. The van der Waals surface area contributed by atoms with E-state index < -0.39 is 6.09 Å². The maximum atomic E-state index is 12.4. The van der Waals surface area contributed by atoms with E-state index in [1.807, 2.05) is 31.2 Å². The minimum absolute atomic E-state index is 0.314. The maximum absolute atomic E-state index is 12.4. The van der Waals surface area contributed by atoms with E-state index in [2.05, 4.69) is 31.0 Å². The Bertz CT molecular complexity index is 521. The molecule has 1 aromatic rings. The number of hydrogen-bond donors (Lipinski definition) is 1. The van der Waals surface area contributed by atoms with E-state index in [4.69, 9.17) is 14.2 Å². The Kier molecular flexibility index (Phi) is 12.3. The van der Waals surface area contributed by atoms with Crippen molar-refractivity contribution in [2.45, 2.75) is 53.1 Å². The summed E-state index contributed by atoms with van der Waals surface area (Å²) in [6, 6.07) is 7.39. The van der Waals surface area contributed by atoms with Crippen molar-refractivity contribution in [2.24, 2.45) is 0 Å². The highest BCUT2D eigenvalue weighted by atomic mass is 16.6. The van der Waals surface area contributed by atoms with Gasteiger partial charge in [0.25, 0.3) is 0 Å². The molecular formula is C21H36N2O4. The molecule has 1 N–H and O–H groups in total. The number of nitrogens with one attached hydrogen (secondary N) is 1. The Morgan fingerprint density at radius 2 is 1.81 bits per heavy atom. The van der Waals surface area contributed by atoms with Crippen LogP contribution in [0.3, 0.4) is 0 Å². The summed E-state index contributed by atoms with van der Waals surface area (Å²) in [4.78, 5) is 14.7. The van der Waals surface area contributed by atoms with Gasteiger partial charge in [-0.15, -0.1) is 0 Å². The molecule has 0 fully saturated rings. The van der Waals surface area contributed by atoms with E-state index in [1.54, 1.807) is 0 Å². The fourth-order valence-electron chi connectivity index (χ4n) is 2.55. The number of unbranched alkanes of at least 4 members (excludes halogenated alkanes) is 1. The first kappa shape index (κ1) is 23.2. The molecule has 154 valence electrons. The molecule has 1 unspecified atom stereocenters. The van der Waals surface area contributed by atoms with Crippen molar-refractivity contribution in [1.82, 2.24) is 4.90 Å². The number of carbonyl (C=O) groups is 1. The van der Waals surface area contributed by atoms with Crippen LogP contribution >= 0.6 is 0 Å². The molecule has 0 aliphatic carbocycles. The van der Waals surface area contributed by atoms with Crippen LogP contribution in [-0.2, 0) is 9.47 Å². The average molecular weight is 381 g/mol. The van der Waals surface area contributed by atoms with E-state index >= 15 is 0 Å². The zero-order valence-electron chi connectivity index (χ0n) is 17.3. The SMILES string of the molecule is CCCCOCC(CN(CC)CC)OC(=O)Nc1ccccc1OCCC. The molecule has 0 aromatic heterocycles. The third-order valence-corrected chi connectivity index (χ3v) is 4.16. The van der Waals surface area contributed by atoms with E-state index in [0.29, 0.717) is 37.8 Å². The molecule has 6 heteroatoms. The van der Waals surface area contributed by atoms with Crippen molar-refractivity contribution >= 4 is 11.8 Å². The minimum Gasteiger partial charge on any atom is -0.491 e. The molecule has 6 nitrogen and oxygen atoms in total. The standard InChI is InChI=1S/C21H36N2O4/c1-5-9-15-25-17-18(16-23(7-3)8-4)27-21(24)22-19-12-10-11-13-20(19)26-14-6-2/h10-13,18H,5-9,14-17H2,1-4H3,(H,22,24). The van der Waals surface area contributed by atoms with Crippen LogP contribution in [-0.4, -0.2) is 56.6 Å². The van der Waals surface area contributed by atoms with Crippen molar-refractivity contribution in [2.75, 3.05) is 44.8 Å². The number of rotatable bonds is 14. The van der Waals surface area contributed by atoms with Gasteiger partial charge in [-0.3, -0.25) is 5.32 Å². The second-order valence-electron chi connectivity index (χ2n) is 6.41. The molecule has 0 spiro atoms. The van der Waals surface area contributed by atoms with Crippen LogP contribution < -0.4 is 10.1 Å². The number of amides is 1. The fourth-order valence-corrected chi connectivity index (χ4v) is 2.55. The van der Waals surface area contributed by atoms with Gasteiger partial charge in [-0.1, -0.05) is 46.2 Å². The van der Waals surface area contributed by atoms with Crippen molar-refractivity contribution in [3.63, 3.8) is 0 Å². The highest BCUT2D eigenvalue weighted by Gasteiger charge is 2.18. The Balaban J connectivity index is 2.65. The highest BCUT2D eigenvalue weighted by molar-refractivity contribution is 5.86. The fraction of sp³-hybridized carbons (Fsp3) is 0.667. The van der Waals surface area contributed by atoms with Gasteiger partial charge in [-0.2, -0.15) is 0 Å². The number of hydrogen-bond acceptors (Lipinski definition) is 5. The summed E-state index contributed by atoms with van der Waals surface area (Å²) in [5, 5.41) is 2.80. The average Bonchev–Trinajstić information content (AvgIpc) is 2.68. The molecule has 1 rings (SSSR count). The number of carbonyl (C=O) groups excluding carboxylic acids is 1. The predicted molar refractivity (Wildman–Crippen MR) is 110 cm³/mol. The van der Waals surface area contributed by atoms with Crippen LogP contribution in [0.2, 0.25) is 0 Å². The molecule has 0 aliphatic rings. The number of ether oxygens (including phenoxy) is 3. The second kappa shape index (κ2) is 14.3. The number of para-hydroxylation sites is 2. The first-order valence-electron chi connectivity index (χ1n) is 10.1. The smallest absolute Gasteiger partial charge is 0.412 e. The summed E-state index contributed by atoms with van der Waals surface area (Å²) < 4.78 is 17.0. The maximum Gasteiger partial charge on any atom is 0.412 e. The van der Waals surface area contributed by atoms with Gasteiger partial charge >= 0.3 is 6.09 Å². The van der Waals surface area contributed by atoms with Crippen molar-refractivity contribution in [1.29, 1.82) is 0 Å². The van der Waals surface area contributed by atoms with Gasteiger partial charge in [-0.05, 0) is 38.1 Å². The Morgan fingerprint density at radius 1 is 1.07 bits per heavy atom. The van der Waals surface area contributed by atoms with Gasteiger partial charge < -0.3 is 19.1 Å². The lowest BCUT2D eigenvalue weighted by Crippen LogP contribution is -2.38. The first-order chi connectivity index (χ1) is 13.1. The number of anilines is 1. The molecular weight excluding hydrogens is 344 g/mol. The van der Waals surface area contributed by atoms with Gasteiger partial charge in [-0.25, -0.2) is 4.79 Å². The van der Waals surface area contributed by atoms with E-state index in [0.717, 1.165) is 32.4 Å². The minimum atomic E-state index is -0.487. The van der Waals surface area contributed by atoms with Crippen molar-refractivity contribution < 1.29 is 19.0 Å². The Labute approximate surface area is 164 Å². The van der Waals surface area contributed by atoms with Crippen molar-refractivity contribution in [3.05, 3.63) is 24.3 Å². The topological polar surface area (TPSA) is 60.0 Å². The third kappa shape index (κ3) is 9.63. The van der Waals surface area contributed by atoms with Crippen LogP contribution in [0, 0.1) is 0 Å². The van der Waals surface area contributed by atoms with Crippen LogP contribution in [0.25, 0.3) is 0 Å². The predicted octanol–water partition coefficient (Wildman–Crippen LogP) is 4.55. The molecule has 0 aliphatic heterocycles. The lowest BCUT2D eigenvalue weighted by molar-refractivity contribution is 0.00804. The summed E-state index contributed by atoms with van der Waals surface area (Å²) in [7, 11) is 0. The van der Waals surface area contributed by atoms with Gasteiger partial charge in [0.05, 0.1) is 18.9 Å². The largest absolute Gasteiger partial charge is 0.491 e. The Hall–Kier alpha value is -1.79. The van der Waals surface area contributed by atoms with Crippen LogP contribution in [0.4, 0.5) is 10.5 Å². The molecule has 0 bridgehead atoms. The van der Waals surface area contributed by atoms with Crippen LogP contribution in [0.1, 0.15) is 47.0 Å². The van der Waals surface area contributed by atoms with E-state index in [9.17, 15) is 4.79 Å². The summed E-state index contributed by atoms with van der Waals surface area (Å²) in [6.07, 6.45) is 2.19. The summed E-state index contributed by atoms with van der Waals surface area (Å²) in [5.41, 5.74) is 0.615. The van der Waals surface area contributed by atoms with Gasteiger partial charge in [0.1, 0.15) is 11.9 Å². The summed E-state index contributed by atoms with van der Waals surface area (Å²) >= 11 is 0. The molecule has 27 heavy (non-hydrogen) atoms. The lowest BCUT2D eigenvalue weighted by Gasteiger charge is -2.25. The number of likely N-dealkylation sites (N-methyl/N-ethyl adjacent to an activating group) is 1. The first-order valence-corrected chi connectivity index (χ1v) is 10.1. The molecule has 1 amide bonds. The van der Waals surface area contributed by atoms with Gasteiger partial charge in [0.15, 0.2) is 0 Å². The quantitative estimate of drug-likeness (QED) is 0.480. The molecule has 0 saturated heterocycles. The monoisotopic (exact) mass is 380 g/mol. The van der Waals surface area contributed by atoms with Crippen LogP contribution in [0.5, 0.6) is 5.75 Å². The molecule has 1 atom stereocenters. The Morgan fingerprint density at radius 3 is 2.48 bits per heavy atom. The van der Waals surface area contributed by atoms with Gasteiger partial charge in [0.2, 0.25) is 0 Å². The van der Waals surface area contributed by atoms with Crippen LogP contribution in [0.15, 0.2) is 24.3 Å². The molecule has 0 heterocycles. The molecule has 0 saturated carbocycles. The zero-order chi connectivity index (χ0) is 19.9.